The highest BCUT2D eigenvalue weighted by molar-refractivity contribution is 6.30. The van der Waals surface area contributed by atoms with E-state index in [0.29, 0.717) is 0 Å². The van der Waals surface area contributed by atoms with Crippen LogP contribution in [0.5, 0.6) is 0 Å². The minimum atomic E-state index is 0.791. The number of hydrogen-bond donors (Lipinski definition) is 0. The van der Waals surface area contributed by atoms with E-state index >= 15 is 0 Å². The smallest absolute Gasteiger partial charge is 0.137 e. The van der Waals surface area contributed by atoms with Crippen LogP contribution in [0.1, 0.15) is 17.8 Å². The molecule has 0 aliphatic rings. The van der Waals surface area contributed by atoms with Crippen molar-refractivity contribution in [3.63, 3.8) is 0 Å². The summed E-state index contributed by atoms with van der Waals surface area (Å²) in [5.74, 6) is 1.01. The molecule has 0 atom stereocenters. The topological polar surface area (TPSA) is 34.0 Å². The third-order valence-electron chi connectivity index (χ3n) is 4.29. The Morgan fingerprint density at radius 1 is 0.960 bits per heavy atom. The molecule has 5 heteroatoms. The van der Waals surface area contributed by atoms with Gasteiger partial charge >= 0.3 is 0 Å². The van der Waals surface area contributed by atoms with Crippen molar-refractivity contribution in [3.8, 4) is 5.69 Å². The maximum atomic E-state index is 5.93. The largest absolute Gasteiger partial charge is 0.306 e. The van der Waals surface area contributed by atoms with Crippen LogP contribution in [-0.4, -0.2) is 39.8 Å². The van der Waals surface area contributed by atoms with Gasteiger partial charge in [-0.3, -0.25) is 4.57 Å². The quantitative estimate of drug-likeness (QED) is 0.612. The summed E-state index contributed by atoms with van der Waals surface area (Å²) in [6, 6.07) is 18.3. The number of hydrogen-bond acceptors (Lipinski definition) is 3. The molecule has 0 unspecified atom stereocenters. The van der Waals surface area contributed by atoms with Crippen molar-refractivity contribution in [2.45, 2.75) is 19.3 Å². The Bertz CT molecular complexity index is 768. The minimum Gasteiger partial charge on any atom is -0.306 e. The predicted octanol–water partition coefficient (Wildman–Crippen LogP) is 4.03. The summed E-state index contributed by atoms with van der Waals surface area (Å²) in [4.78, 5) is 2.36. The highest BCUT2D eigenvalue weighted by Crippen LogP contribution is 2.12. The first-order valence-electron chi connectivity index (χ1n) is 8.60. The molecule has 0 amide bonds. The van der Waals surface area contributed by atoms with Gasteiger partial charge in [0.1, 0.15) is 12.2 Å². The highest BCUT2D eigenvalue weighted by atomic mass is 35.5. The average Bonchev–Trinajstić information content (AvgIpc) is 3.10. The highest BCUT2D eigenvalue weighted by Gasteiger charge is 2.07. The molecule has 25 heavy (non-hydrogen) atoms. The summed E-state index contributed by atoms with van der Waals surface area (Å²) in [5.41, 5.74) is 2.43. The van der Waals surface area contributed by atoms with Crippen LogP contribution in [0.15, 0.2) is 60.9 Å². The Morgan fingerprint density at radius 3 is 2.48 bits per heavy atom. The van der Waals surface area contributed by atoms with Crippen LogP contribution in [0.2, 0.25) is 5.02 Å². The van der Waals surface area contributed by atoms with E-state index < -0.39 is 0 Å². The summed E-state index contributed by atoms with van der Waals surface area (Å²) >= 11 is 5.93. The van der Waals surface area contributed by atoms with Crippen molar-refractivity contribution < 1.29 is 0 Å². The Kier molecular flexibility index (Phi) is 6.20. The summed E-state index contributed by atoms with van der Waals surface area (Å²) in [6.07, 6.45) is 4.80. The van der Waals surface area contributed by atoms with Crippen LogP contribution < -0.4 is 0 Å². The molecule has 0 fully saturated rings. The van der Waals surface area contributed by atoms with E-state index in [1.165, 1.54) is 5.56 Å². The number of aromatic nitrogens is 3. The molecule has 130 valence electrons. The number of halogens is 1. The van der Waals surface area contributed by atoms with Gasteiger partial charge in [-0.15, -0.1) is 10.2 Å². The van der Waals surface area contributed by atoms with Crippen molar-refractivity contribution >= 4 is 11.6 Å². The first-order chi connectivity index (χ1) is 12.2. The molecule has 1 aromatic heterocycles. The van der Waals surface area contributed by atoms with Crippen LogP contribution >= 0.6 is 11.6 Å². The minimum absolute atomic E-state index is 0.791. The van der Waals surface area contributed by atoms with Gasteiger partial charge in [0.05, 0.1) is 0 Å². The van der Waals surface area contributed by atoms with Crippen molar-refractivity contribution in [2.75, 3.05) is 20.1 Å². The monoisotopic (exact) mass is 354 g/mol. The van der Waals surface area contributed by atoms with E-state index in [2.05, 4.69) is 51.0 Å². The van der Waals surface area contributed by atoms with Crippen molar-refractivity contribution in [3.05, 3.63) is 77.3 Å². The van der Waals surface area contributed by atoms with E-state index in [1.807, 2.05) is 30.3 Å². The second-order valence-corrected chi connectivity index (χ2v) is 6.67. The molecule has 0 bridgehead atoms. The summed E-state index contributed by atoms with van der Waals surface area (Å²) in [6.45, 7) is 2.07. The SMILES string of the molecule is CN(CCCc1nncn1-c1ccccc1)CCc1ccc(Cl)cc1. The molecule has 4 nitrogen and oxygen atoms in total. The van der Waals surface area contributed by atoms with E-state index in [4.69, 9.17) is 11.6 Å². The number of likely N-dealkylation sites (N-methyl/N-ethyl adjacent to an activating group) is 1. The Balaban J connectivity index is 1.45. The van der Waals surface area contributed by atoms with E-state index in [1.54, 1.807) is 6.33 Å². The number of aryl methyl sites for hydroxylation is 1. The average molecular weight is 355 g/mol. The zero-order valence-corrected chi connectivity index (χ0v) is 15.2. The lowest BCUT2D eigenvalue weighted by Crippen LogP contribution is -2.23. The number of para-hydroxylation sites is 1. The molecular formula is C20H23ClN4. The first kappa shape index (κ1) is 17.6. The molecule has 1 heterocycles. The van der Waals surface area contributed by atoms with Gasteiger partial charge in [-0.1, -0.05) is 41.9 Å². The van der Waals surface area contributed by atoms with Gasteiger partial charge in [0.2, 0.25) is 0 Å². The predicted molar refractivity (Wildman–Crippen MR) is 102 cm³/mol. The van der Waals surface area contributed by atoms with Crippen molar-refractivity contribution in [1.29, 1.82) is 0 Å². The van der Waals surface area contributed by atoms with E-state index in [-0.39, 0.29) is 0 Å². The van der Waals surface area contributed by atoms with Gasteiger partial charge in [-0.2, -0.15) is 0 Å². The maximum Gasteiger partial charge on any atom is 0.137 e. The molecule has 0 N–H and O–H groups in total. The lowest BCUT2D eigenvalue weighted by Gasteiger charge is -2.16. The normalized spacial score (nSPS) is 11.2. The van der Waals surface area contributed by atoms with Crippen molar-refractivity contribution in [2.24, 2.45) is 0 Å². The van der Waals surface area contributed by atoms with Gasteiger partial charge < -0.3 is 4.90 Å². The van der Waals surface area contributed by atoms with Gasteiger partial charge in [-0.05, 0) is 56.3 Å². The summed E-state index contributed by atoms with van der Waals surface area (Å²) in [5, 5.41) is 9.13. The zero-order chi connectivity index (χ0) is 17.5. The van der Waals surface area contributed by atoms with Gasteiger partial charge in [0.25, 0.3) is 0 Å². The molecule has 3 rings (SSSR count). The standard InChI is InChI=1S/C20H23ClN4/c1-24(15-13-17-9-11-18(21)12-10-17)14-5-8-20-23-22-16-25(20)19-6-3-2-4-7-19/h2-4,6-7,9-12,16H,5,8,13-15H2,1H3. The molecule has 0 radical (unpaired) electrons. The van der Waals surface area contributed by atoms with Crippen LogP contribution in [0, 0.1) is 0 Å². The van der Waals surface area contributed by atoms with E-state index in [0.717, 1.165) is 48.9 Å². The molecule has 3 aromatic rings. The van der Waals surface area contributed by atoms with Gasteiger partial charge in [0.15, 0.2) is 0 Å². The molecule has 2 aromatic carbocycles. The number of rotatable bonds is 8. The third kappa shape index (κ3) is 5.15. The van der Waals surface area contributed by atoms with Crippen LogP contribution in [-0.2, 0) is 12.8 Å². The van der Waals surface area contributed by atoms with Crippen LogP contribution in [0.3, 0.4) is 0 Å². The fourth-order valence-corrected chi connectivity index (χ4v) is 2.95. The molecule has 0 spiro atoms. The lowest BCUT2D eigenvalue weighted by atomic mass is 10.1. The fourth-order valence-electron chi connectivity index (χ4n) is 2.82. The van der Waals surface area contributed by atoms with Crippen LogP contribution in [0.25, 0.3) is 5.69 Å². The second-order valence-electron chi connectivity index (χ2n) is 6.24. The lowest BCUT2D eigenvalue weighted by molar-refractivity contribution is 0.332. The Hall–Kier alpha value is -2.17. The molecule has 0 aliphatic carbocycles. The fraction of sp³-hybridized carbons (Fsp3) is 0.300. The molecular weight excluding hydrogens is 332 g/mol. The summed E-state index contributed by atoms with van der Waals surface area (Å²) < 4.78 is 2.06. The number of benzene rings is 2. The van der Waals surface area contributed by atoms with Gasteiger partial charge in [0, 0.05) is 23.7 Å². The van der Waals surface area contributed by atoms with E-state index in [9.17, 15) is 0 Å². The maximum absolute atomic E-state index is 5.93. The third-order valence-corrected chi connectivity index (χ3v) is 4.54. The zero-order valence-electron chi connectivity index (χ0n) is 14.5. The molecule has 0 aliphatic heterocycles. The van der Waals surface area contributed by atoms with Crippen molar-refractivity contribution in [1.82, 2.24) is 19.7 Å². The van der Waals surface area contributed by atoms with Gasteiger partial charge in [-0.25, -0.2) is 0 Å². The first-order valence-corrected chi connectivity index (χ1v) is 8.97. The second kappa shape index (κ2) is 8.79. The molecule has 0 saturated heterocycles. The molecule has 0 saturated carbocycles. The Morgan fingerprint density at radius 2 is 1.72 bits per heavy atom. The number of nitrogens with zero attached hydrogens (tertiary/aromatic N) is 4. The summed E-state index contributed by atoms with van der Waals surface area (Å²) in [7, 11) is 2.16. The Labute approximate surface area is 154 Å². The van der Waals surface area contributed by atoms with Crippen LogP contribution in [0.4, 0.5) is 0 Å².